The summed E-state index contributed by atoms with van der Waals surface area (Å²) in [4.78, 5) is 18.1. The van der Waals surface area contributed by atoms with Gasteiger partial charge in [0.25, 0.3) is 0 Å². The number of nitrogens with one attached hydrogen (secondary N) is 2. The first-order chi connectivity index (χ1) is 11.9. The number of carbonyl (C=O) groups excluding carboxylic acids is 1. The van der Waals surface area contributed by atoms with Crippen LogP contribution in [-0.4, -0.2) is 20.8 Å². The number of nitrogens with zero attached hydrogens (tertiary/aromatic N) is 3. The number of urea groups is 1. The fraction of sp³-hybridized carbons (Fsp3) is 0.611. The topological polar surface area (TPSA) is 71.8 Å². The molecular formula is C18H27N5OS. The van der Waals surface area contributed by atoms with Gasteiger partial charge in [-0.05, 0) is 43.6 Å². The molecule has 0 spiro atoms. The van der Waals surface area contributed by atoms with Crippen molar-refractivity contribution < 1.29 is 4.79 Å². The van der Waals surface area contributed by atoms with Gasteiger partial charge >= 0.3 is 6.03 Å². The molecule has 7 heteroatoms. The van der Waals surface area contributed by atoms with Gasteiger partial charge in [0.15, 0.2) is 5.13 Å². The Kier molecular flexibility index (Phi) is 5.13. The second-order valence-electron chi connectivity index (χ2n) is 7.64. The molecule has 6 nitrogen and oxygen atoms in total. The molecule has 2 aromatic heterocycles. The van der Waals surface area contributed by atoms with Crippen molar-refractivity contribution in [2.24, 2.45) is 11.3 Å². The monoisotopic (exact) mass is 361 g/mol. The number of hydrogen-bond donors (Lipinski definition) is 2. The van der Waals surface area contributed by atoms with E-state index in [4.69, 9.17) is 0 Å². The number of aromatic nitrogens is 3. The lowest BCUT2D eigenvalue weighted by molar-refractivity contribution is 0.217. The first-order valence-electron chi connectivity index (χ1n) is 8.91. The minimum absolute atomic E-state index is 0.220. The van der Waals surface area contributed by atoms with Crippen LogP contribution >= 0.6 is 11.3 Å². The Morgan fingerprint density at radius 3 is 2.96 bits per heavy atom. The zero-order valence-electron chi connectivity index (χ0n) is 15.4. The van der Waals surface area contributed by atoms with Crippen LogP contribution in [0.2, 0.25) is 0 Å². The fourth-order valence-corrected chi connectivity index (χ4v) is 4.36. The smallest absolute Gasteiger partial charge is 0.321 e. The maximum Gasteiger partial charge on any atom is 0.321 e. The molecule has 0 bridgehead atoms. The molecule has 0 saturated carbocycles. The van der Waals surface area contributed by atoms with Crippen LogP contribution in [0.15, 0.2) is 12.3 Å². The van der Waals surface area contributed by atoms with E-state index in [9.17, 15) is 4.79 Å². The van der Waals surface area contributed by atoms with Crippen LogP contribution in [0.5, 0.6) is 0 Å². The molecule has 2 heterocycles. The highest BCUT2D eigenvalue weighted by atomic mass is 32.1. The third-order valence-corrected chi connectivity index (χ3v) is 5.95. The van der Waals surface area contributed by atoms with Crippen LogP contribution in [0.4, 0.5) is 9.93 Å². The van der Waals surface area contributed by atoms with Crippen molar-refractivity contribution in [1.82, 2.24) is 20.1 Å². The lowest BCUT2D eigenvalue weighted by Crippen LogP contribution is -2.29. The molecule has 2 aromatic rings. The molecule has 25 heavy (non-hydrogen) atoms. The SMILES string of the molecule is CCn1nccc1CNC(=O)Nc1nc2c(s1)CC(C(C)(C)C)CC2. The lowest BCUT2D eigenvalue weighted by atomic mass is 9.73. The standard InChI is InChI=1S/C18H27N5OS/c1-5-23-13(8-9-20-23)11-19-16(24)22-17-21-14-7-6-12(18(2,3)4)10-15(14)25-17/h8-9,12H,5-7,10-11H2,1-4H3,(H2,19,21,22,24). The molecule has 0 radical (unpaired) electrons. The second-order valence-corrected chi connectivity index (χ2v) is 8.72. The number of rotatable bonds is 4. The third kappa shape index (κ3) is 4.21. The Bertz CT molecular complexity index is 743. The fourth-order valence-electron chi connectivity index (χ4n) is 3.27. The Hall–Kier alpha value is -1.89. The zero-order valence-corrected chi connectivity index (χ0v) is 16.2. The van der Waals surface area contributed by atoms with Crippen LogP contribution in [0.1, 0.15) is 50.4 Å². The second kappa shape index (κ2) is 7.15. The molecule has 0 saturated heterocycles. The van der Waals surface area contributed by atoms with Crippen LogP contribution in [0.25, 0.3) is 0 Å². The minimum atomic E-state index is -0.220. The molecule has 1 aliphatic rings. The van der Waals surface area contributed by atoms with Gasteiger partial charge in [0.05, 0.1) is 17.9 Å². The number of thiazole rings is 1. The van der Waals surface area contributed by atoms with Crippen LogP contribution in [0, 0.1) is 11.3 Å². The summed E-state index contributed by atoms with van der Waals surface area (Å²) in [5, 5.41) is 10.7. The van der Waals surface area contributed by atoms with Gasteiger partial charge in [0.1, 0.15) is 0 Å². The number of amides is 2. The largest absolute Gasteiger partial charge is 0.332 e. The Morgan fingerprint density at radius 2 is 2.24 bits per heavy atom. The summed E-state index contributed by atoms with van der Waals surface area (Å²) in [5.74, 6) is 0.677. The van der Waals surface area contributed by atoms with Crippen LogP contribution in [0.3, 0.4) is 0 Å². The predicted octanol–water partition coefficient (Wildman–Crippen LogP) is 3.83. The van der Waals surface area contributed by atoms with Gasteiger partial charge in [-0.3, -0.25) is 10.00 Å². The maximum absolute atomic E-state index is 12.2. The van der Waals surface area contributed by atoms with E-state index in [1.54, 1.807) is 17.5 Å². The van der Waals surface area contributed by atoms with Gasteiger partial charge in [-0.15, -0.1) is 11.3 Å². The molecule has 1 atom stereocenters. The van der Waals surface area contributed by atoms with E-state index in [2.05, 4.69) is 41.5 Å². The summed E-state index contributed by atoms with van der Waals surface area (Å²) in [6, 6.07) is 1.70. The zero-order chi connectivity index (χ0) is 18.0. The minimum Gasteiger partial charge on any atom is -0.332 e. The van der Waals surface area contributed by atoms with Crippen LogP contribution < -0.4 is 10.6 Å². The Labute approximate surface area is 153 Å². The molecule has 0 aromatic carbocycles. The molecule has 3 rings (SSSR count). The van der Waals surface area contributed by atoms with E-state index in [0.29, 0.717) is 23.0 Å². The average Bonchev–Trinajstić information content (AvgIpc) is 3.16. The predicted molar refractivity (Wildman–Crippen MR) is 101 cm³/mol. The maximum atomic E-state index is 12.2. The number of anilines is 1. The van der Waals surface area contributed by atoms with E-state index in [-0.39, 0.29) is 6.03 Å². The molecule has 0 fully saturated rings. The van der Waals surface area contributed by atoms with E-state index in [1.807, 2.05) is 17.7 Å². The van der Waals surface area contributed by atoms with Crippen molar-refractivity contribution >= 4 is 22.5 Å². The van der Waals surface area contributed by atoms with Gasteiger partial charge in [-0.1, -0.05) is 20.8 Å². The van der Waals surface area contributed by atoms with Crippen molar-refractivity contribution in [3.05, 3.63) is 28.5 Å². The van der Waals surface area contributed by atoms with Gasteiger partial charge in [0.2, 0.25) is 0 Å². The Morgan fingerprint density at radius 1 is 1.44 bits per heavy atom. The van der Waals surface area contributed by atoms with Crippen molar-refractivity contribution in [3.63, 3.8) is 0 Å². The van der Waals surface area contributed by atoms with Crippen molar-refractivity contribution in [1.29, 1.82) is 0 Å². The van der Waals surface area contributed by atoms with Crippen LogP contribution in [-0.2, 0) is 25.9 Å². The highest BCUT2D eigenvalue weighted by molar-refractivity contribution is 7.15. The van der Waals surface area contributed by atoms with Gasteiger partial charge in [-0.25, -0.2) is 9.78 Å². The third-order valence-electron chi connectivity index (χ3n) is 4.92. The first kappa shape index (κ1) is 17.9. The van der Waals surface area contributed by atoms with E-state index < -0.39 is 0 Å². The molecule has 136 valence electrons. The molecule has 2 amide bonds. The quantitative estimate of drug-likeness (QED) is 0.869. The normalized spacial score (nSPS) is 17.2. The number of fused-ring (bicyclic) bond motifs is 1. The molecule has 0 aliphatic heterocycles. The number of aryl methyl sites for hydroxylation is 2. The average molecular weight is 362 g/mol. The molecule has 1 unspecified atom stereocenters. The Balaban J connectivity index is 1.57. The van der Waals surface area contributed by atoms with Crippen molar-refractivity contribution in [2.45, 2.75) is 60.0 Å². The van der Waals surface area contributed by atoms with E-state index in [1.165, 1.54) is 11.3 Å². The first-order valence-corrected chi connectivity index (χ1v) is 9.72. The van der Waals surface area contributed by atoms with Gasteiger partial charge in [-0.2, -0.15) is 5.10 Å². The number of carbonyl (C=O) groups is 1. The summed E-state index contributed by atoms with van der Waals surface area (Å²) < 4.78 is 1.87. The lowest BCUT2D eigenvalue weighted by Gasteiger charge is -2.33. The van der Waals surface area contributed by atoms with Gasteiger partial charge in [0, 0.05) is 17.6 Å². The van der Waals surface area contributed by atoms with Gasteiger partial charge < -0.3 is 5.32 Å². The van der Waals surface area contributed by atoms with E-state index >= 15 is 0 Å². The highest BCUT2D eigenvalue weighted by Crippen LogP contribution is 2.39. The molecule has 1 aliphatic carbocycles. The van der Waals surface area contributed by atoms with Crippen molar-refractivity contribution in [3.8, 4) is 0 Å². The highest BCUT2D eigenvalue weighted by Gasteiger charge is 2.30. The molecular weight excluding hydrogens is 334 g/mol. The molecule has 2 N–H and O–H groups in total. The number of hydrogen-bond acceptors (Lipinski definition) is 4. The summed E-state index contributed by atoms with van der Waals surface area (Å²) >= 11 is 1.61. The van der Waals surface area contributed by atoms with E-state index in [0.717, 1.165) is 30.8 Å². The summed E-state index contributed by atoms with van der Waals surface area (Å²) in [7, 11) is 0. The summed E-state index contributed by atoms with van der Waals surface area (Å²) in [5.41, 5.74) is 2.46. The summed E-state index contributed by atoms with van der Waals surface area (Å²) in [6.07, 6.45) is 4.99. The summed E-state index contributed by atoms with van der Waals surface area (Å²) in [6.45, 7) is 10.2. The van der Waals surface area contributed by atoms with Crippen molar-refractivity contribution in [2.75, 3.05) is 5.32 Å².